The van der Waals surface area contributed by atoms with Crippen molar-refractivity contribution in [2.45, 2.75) is 52.9 Å². The van der Waals surface area contributed by atoms with Crippen molar-refractivity contribution < 1.29 is 9.59 Å². The molecule has 0 saturated heterocycles. The molecule has 1 aromatic carbocycles. The molecule has 4 heteroatoms. The lowest BCUT2D eigenvalue weighted by molar-refractivity contribution is -0.126. The molecule has 0 bridgehead atoms. The Hall–Kier alpha value is -2.93. The van der Waals surface area contributed by atoms with Gasteiger partial charge in [0, 0.05) is 24.6 Å². The Morgan fingerprint density at radius 2 is 1.56 bits per heavy atom. The second-order valence-corrected chi connectivity index (χ2v) is 7.30. The van der Waals surface area contributed by atoms with E-state index in [1.54, 1.807) is 26.1 Å². The maximum atomic E-state index is 12.3. The average molecular weight is 362 g/mol. The molecule has 0 aliphatic heterocycles. The van der Waals surface area contributed by atoms with E-state index in [1.807, 2.05) is 12.1 Å². The van der Waals surface area contributed by atoms with Crippen molar-refractivity contribution in [2.24, 2.45) is 0 Å². The minimum absolute atomic E-state index is 0.0890. The SMILES string of the molecule is CCC(=O)N(C(=O)CC)c1cnccc1C#Cc1ccc(C(C)(C)C)cc1. The molecule has 0 aliphatic carbocycles. The predicted octanol–water partition coefficient (Wildman–Crippen LogP) is 4.46. The number of aromatic nitrogens is 1. The van der Waals surface area contributed by atoms with Crippen LogP contribution in [0.3, 0.4) is 0 Å². The number of benzene rings is 1. The Morgan fingerprint density at radius 3 is 2.07 bits per heavy atom. The summed E-state index contributed by atoms with van der Waals surface area (Å²) < 4.78 is 0. The van der Waals surface area contributed by atoms with Crippen LogP contribution in [0.2, 0.25) is 0 Å². The fraction of sp³-hybridized carbons (Fsp3) is 0.348. The van der Waals surface area contributed by atoms with E-state index in [-0.39, 0.29) is 30.1 Å². The first-order chi connectivity index (χ1) is 12.8. The van der Waals surface area contributed by atoms with Gasteiger partial charge < -0.3 is 0 Å². The van der Waals surface area contributed by atoms with E-state index < -0.39 is 0 Å². The molecule has 2 rings (SSSR count). The van der Waals surface area contributed by atoms with Gasteiger partial charge in [-0.3, -0.25) is 14.6 Å². The number of hydrogen-bond acceptors (Lipinski definition) is 3. The van der Waals surface area contributed by atoms with E-state index in [4.69, 9.17) is 0 Å². The molecule has 2 aromatic rings. The quantitative estimate of drug-likeness (QED) is 0.758. The summed E-state index contributed by atoms with van der Waals surface area (Å²) in [6.07, 6.45) is 3.61. The molecule has 0 fully saturated rings. The molecule has 1 heterocycles. The molecule has 0 atom stereocenters. The van der Waals surface area contributed by atoms with E-state index in [0.29, 0.717) is 11.3 Å². The maximum Gasteiger partial charge on any atom is 0.233 e. The summed E-state index contributed by atoms with van der Waals surface area (Å²) in [4.78, 5) is 29.9. The topological polar surface area (TPSA) is 50.3 Å². The highest BCUT2D eigenvalue weighted by atomic mass is 16.2. The number of hydrogen-bond donors (Lipinski definition) is 0. The first kappa shape index (κ1) is 20.4. The summed E-state index contributed by atoms with van der Waals surface area (Å²) in [5.74, 6) is 5.70. The second kappa shape index (κ2) is 8.64. The molecule has 0 spiro atoms. The highest BCUT2D eigenvalue weighted by molar-refractivity contribution is 6.15. The number of imide groups is 1. The minimum Gasteiger partial charge on any atom is -0.274 e. The zero-order valence-corrected chi connectivity index (χ0v) is 16.7. The third-order valence-electron chi connectivity index (χ3n) is 4.24. The molecule has 2 amide bonds. The van der Waals surface area contributed by atoms with Gasteiger partial charge in [0.05, 0.1) is 17.4 Å². The van der Waals surface area contributed by atoms with Gasteiger partial charge in [0.1, 0.15) is 0 Å². The van der Waals surface area contributed by atoms with Crippen LogP contribution < -0.4 is 4.90 Å². The first-order valence-corrected chi connectivity index (χ1v) is 9.20. The van der Waals surface area contributed by atoms with Gasteiger partial charge in [-0.05, 0) is 29.2 Å². The van der Waals surface area contributed by atoms with Crippen LogP contribution in [0.25, 0.3) is 0 Å². The van der Waals surface area contributed by atoms with Gasteiger partial charge >= 0.3 is 0 Å². The lowest BCUT2D eigenvalue weighted by Gasteiger charge is -2.20. The largest absolute Gasteiger partial charge is 0.274 e. The zero-order valence-electron chi connectivity index (χ0n) is 16.7. The summed E-state index contributed by atoms with van der Waals surface area (Å²) in [5.41, 5.74) is 3.25. The van der Waals surface area contributed by atoms with Crippen molar-refractivity contribution in [2.75, 3.05) is 4.90 Å². The Balaban J connectivity index is 2.40. The number of nitrogens with zero attached hydrogens (tertiary/aromatic N) is 2. The molecule has 0 saturated carbocycles. The molecule has 1 aromatic heterocycles. The minimum atomic E-state index is -0.257. The second-order valence-electron chi connectivity index (χ2n) is 7.30. The van der Waals surface area contributed by atoms with Crippen molar-refractivity contribution in [1.29, 1.82) is 0 Å². The number of carbonyl (C=O) groups is 2. The van der Waals surface area contributed by atoms with Crippen LogP contribution >= 0.6 is 0 Å². The lowest BCUT2D eigenvalue weighted by Crippen LogP contribution is -2.36. The van der Waals surface area contributed by atoms with Crippen molar-refractivity contribution in [3.8, 4) is 11.8 Å². The van der Waals surface area contributed by atoms with Crippen LogP contribution in [-0.4, -0.2) is 16.8 Å². The van der Waals surface area contributed by atoms with E-state index in [9.17, 15) is 9.59 Å². The molecule has 140 valence electrons. The number of anilines is 1. The summed E-state index contributed by atoms with van der Waals surface area (Å²) in [6.45, 7) is 9.97. The van der Waals surface area contributed by atoms with Crippen LogP contribution in [0.1, 0.15) is 64.2 Å². The van der Waals surface area contributed by atoms with Gasteiger partial charge in [0.15, 0.2) is 0 Å². The number of pyridine rings is 1. The van der Waals surface area contributed by atoms with Crippen LogP contribution in [0.15, 0.2) is 42.7 Å². The highest BCUT2D eigenvalue weighted by Crippen LogP contribution is 2.23. The van der Waals surface area contributed by atoms with Gasteiger partial charge in [-0.15, -0.1) is 0 Å². The van der Waals surface area contributed by atoms with Crippen LogP contribution in [0.4, 0.5) is 5.69 Å². The van der Waals surface area contributed by atoms with Gasteiger partial charge in [-0.1, -0.05) is 58.6 Å². The Morgan fingerprint density at radius 1 is 0.963 bits per heavy atom. The molecule has 4 nitrogen and oxygen atoms in total. The fourth-order valence-corrected chi connectivity index (χ4v) is 2.59. The average Bonchev–Trinajstić information content (AvgIpc) is 2.66. The van der Waals surface area contributed by atoms with Gasteiger partial charge in [0.25, 0.3) is 0 Å². The molecular formula is C23H26N2O2. The molecule has 0 unspecified atom stereocenters. The van der Waals surface area contributed by atoms with Gasteiger partial charge in [-0.2, -0.15) is 0 Å². The predicted molar refractivity (Wildman–Crippen MR) is 108 cm³/mol. The van der Waals surface area contributed by atoms with Crippen molar-refractivity contribution in [3.63, 3.8) is 0 Å². The first-order valence-electron chi connectivity index (χ1n) is 9.20. The van der Waals surface area contributed by atoms with Crippen LogP contribution in [0.5, 0.6) is 0 Å². The lowest BCUT2D eigenvalue weighted by atomic mass is 9.87. The molecule has 0 N–H and O–H groups in total. The highest BCUT2D eigenvalue weighted by Gasteiger charge is 2.23. The summed E-state index contributed by atoms with van der Waals surface area (Å²) in [7, 11) is 0. The van der Waals surface area contributed by atoms with Crippen molar-refractivity contribution >= 4 is 17.5 Å². The van der Waals surface area contributed by atoms with E-state index in [1.165, 1.54) is 16.7 Å². The van der Waals surface area contributed by atoms with Crippen molar-refractivity contribution in [3.05, 3.63) is 59.4 Å². The van der Waals surface area contributed by atoms with Gasteiger partial charge in [-0.25, -0.2) is 4.90 Å². The maximum absolute atomic E-state index is 12.3. The smallest absolute Gasteiger partial charge is 0.233 e. The summed E-state index contributed by atoms with van der Waals surface area (Å²) >= 11 is 0. The standard InChI is InChI=1S/C23H26N2O2/c1-6-21(26)25(22(27)7-2)20-16-24-15-14-18(20)11-8-17-9-12-19(13-10-17)23(3,4)5/h9-10,12-16H,6-7H2,1-5H3. The van der Waals surface area contributed by atoms with E-state index in [0.717, 1.165) is 5.56 Å². The summed E-state index contributed by atoms with van der Waals surface area (Å²) in [5, 5.41) is 0. The normalized spacial score (nSPS) is 10.7. The molecule has 27 heavy (non-hydrogen) atoms. The number of rotatable bonds is 3. The Kier molecular flexibility index (Phi) is 6.52. The Labute approximate surface area is 161 Å². The molecule has 0 radical (unpaired) electrons. The van der Waals surface area contributed by atoms with Gasteiger partial charge in [0.2, 0.25) is 11.8 Å². The monoisotopic (exact) mass is 362 g/mol. The number of amides is 2. The third kappa shape index (κ3) is 5.04. The van der Waals surface area contributed by atoms with E-state index in [2.05, 4.69) is 49.7 Å². The Bertz CT molecular complexity index is 865. The third-order valence-corrected chi connectivity index (χ3v) is 4.24. The fourth-order valence-electron chi connectivity index (χ4n) is 2.59. The van der Waals surface area contributed by atoms with Crippen LogP contribution in [0, 0.1) is 11.8 Å². The summed E-state index contributed by atoms with van der Waals surface area (Å²) in [6, 6.07) is 9.85. The van der Waals surface area contributed by atoms with Crippen LogP contribution in [-0.2, 0) is 15.0 Å². The zero-order chi connectivity index (χ0) is 20.0. The molecular weight excluding hydrogens is 336 g/mol. The van der Waals surface area contributed by atoms with E-state index >= 15 is 0 Å². The molecule has 0 aliphatic rings. The number of carbonyl (C=O) groups excluding carboxylic acids is 2. The van der Waals surface area contributed by atoms with Crippen molar-refractivity contribution in [1.82, 2.24) is 4.98 Å².